The van der Waals surface area contributed by atoms with E-state index in [1.165, 1.54) is 6.07 Å². The number of rotatable bonds is 6. The number of nitrogens with two attached hydrogens (primary N) is 1. The van der Waals surface area contributed by atoms with Gasteiger partial charge < -0.3 is 10.8 Å². The van der Waals surface area contributed by atoms with Crippen LogP contribution in [0.4, 0.5) is 5.69 Å². The third-order valence-electron chi connectivity index (χ3n) is 2.11. The van der Waals surface area contributed by atoms with Crippen LogP contribution in [0.5, 0.6) is 0 Å². The van der Waals surface area contributed by atoms with Crippen LogP contribution in [0.2, 0.25) is 0 Å². The quantitative estimate of drug-likeness (QED) is 0.724. The molecule has 0 radical (unpaired) electrons. The molecule has 0 aliphatic heterocycles. The minimum atomic E-state index is -3.54. The summed E-state index contributed by atoms with van der Waals surface area (Å²) >= 11 is 1.06. The van der Waals surface area contributed by atoms with E-state index in [0.29, 0.717) is 18.0 Å². The van der Waals surface area contributed by atoms with Gasteiger partial charge in [0.25, 0.3) is 0 Å². The molecule has 0 bridgehead atoms. The van der Waals surface area contributed by atoms with Gasteiger partial charge in [0.1, 0.15) is 4.21 Å². The summed E-state index contributed by atoms with van der Waals surface area (Å²) in [6.45, 7) is 3.97. The summed E-state index contributed by atoms with van der Waals surface area (Å²) < 4.78 is 26.1. The van der Waals surface area contributed by atoms with Crippen molar-refractivity contribution in [1.82, 2.24) is 4.72 Å². The number of thiophene rings is 1. The third kappa shape index (κ3) is 4.63. The average Bonchev–Trinajstić information content (AvgIpc) is 2.62. The molecule has 0 aromatic carbocycles. The smallest absolute Gasteiger partial charge is 0.250 e. The van der Waals surface area contributed by atoms with E-state index in [1.54, 1.807) is 5.38 Å². The first-order valence-corrected chi connectivity index (χ1v) is 7.69. The number of nitrogen functional groups attached to an aromatic ring is 1. The van der Waals surface area contributed by atoms with Crippen LogP contribution in [0.25, 0.3) is 0 Å². The van der Waals surface area contributed by atoms with E-state index in [1.807, 2.05) is 13.8 Å². The van der Waals surface area contributed by atoms with Gasteiger partial charge in [0, 0.05) is 17.6 Å². The summed E-state index contributed by atoms with van der Waals surface area (Å²) in [5.74, 6) is 0.326. The average molecular weight is 278 g/mol. The van der Waals surface area contributed by atoms with Gasteiger partial charge in [0.2, 0.25) is 10.0 Å². The highest BCUT2D eigenvalue weighted by Gasteiger charge is 2.18. The van der Waals surface area contributed by atoms with Crippen molar-refractivity contribution >= 4 is 27.0 Å². The fraction of sp³-hybridized carbons (Fsp3) is 0.600. The van der Waals surface area contributed by atoms with Crippen LogP contribution < -0.4 is 10.5 Å². The molecule has 1 unspecified atom stereocenters. The SMILES string of the molecule is CC(C)CC(O)CNS(=O)(=O)c1cc(N)cs1. The maximum Gasteiger partial charge on any atom is 0.250 e. The molecule has 0 aliphatic rings. The van der Waals surface area contributed by atoms with E-state index in [9.17, 15) is 13.5 Å². The van der Waals surface area contributed by atoms with Crippen LogP contribution in [0.1, 0.15) is 20.3 Å². The van der Waals surface area contributed by atoms with E-state index in [2.05, 4.69) is 4.72 Å². The molecule has 4 N–H and O–H groups in total. The Labute approximate surface area is 106 Å². The number of aliphatic hydroxyl groups is 1. The summed E-state index contributed by atoms with van der Waals surface area (Å²) in [5, 5.41) is 11.2. The predicted molar refractivity (Wildman–Crippen MR) is 69.4 cm³/mol. The van der Waals surface area contributed by atoms with E-state index in [4.69, 9.17) is 5.73 Å². The molecular weight excluding hydrogens is 260 g/mol. The van der Waals surface area contributed by atoms with Crippen molar-refractivity contribution in [2.24, 2.45) is 5.92 Å². The summed E-state index contributed by atoms with van der Waals surface area (Å²) in [7, 11) is -3.54. The molecule has 0 amide bonds. The first-order chi connectivity index (χ1) is 7.81. The van der Waals surface area contributed by atoms with Crippen LogP contribution in [-0.2, 0) is 10.0 Å². The maximum absolute atomic E-state index is 11.8. The van der Waals surface area contributed by atoms with Gasteiger partial charge in [-0.1, -0.05) is 13.8 Å². The highest BCUT2D eigenvalue weighted by atomic mass is 32.2. The molecule has 0 saturated heterocycles. The molecule has 98 valence electrons. The van der Waals surface area contributed by atoms with Crippen molar-refractivity contribution < 1.29 is 13.5 Å². The molecule has 1 atom stereocenters. The molecule has 17 heavy (non-hydrogen) atoms. The number of nitrogens with one attached hydrogen (secondary N) is 1. The van der Waals surface area contributed by atoms with Crippen molar-refractivity contribution in [2.75, 3.05) is 12.3 Å². The zero-order valence-electron chi connectivity index (χ0n) is 9.88. The lowest BCUT2D eigenvalue weighted by Crippen LogP contribution is -2.32. The molecule has 1 aromatic heterocycles. The second kappa shape index (κ2) is 5.81. The van der Waals surface area contributed by atoms with Crippen LogP contribution in [0.3, 0.4) is 0 Å². The fourth-order valence-corrected chi connectivity index (χ4v) is 3.57. The number of anilines is 1. The molecule has 0 fully saturated rings. The Hall–Kier alpha value is -0.630. The second-order valence-electron chi connectivity index (χ2n) is 4.33. The van der Waals surface area contributed by atoms with Crippen LogP contribution in [-0.4, -0.2) is 26.2 Å². The van der Waals surface area contributed by atoms with E-state index >= 15 is 0 Å². The van der Waals surface area contributed by atoms with Crippen molar-refractivity contribution in [2.45, 2.75) is 30.6 Å². The van der Waals surface area contributed by atoms with Gasteiger partial charge in [0.15, 0.2) is 0 Å². The van der Waals surface area contributed by atoms with Gasteiger partial charge >= 0.3 is 0 Å². The van der Waals surface area contributed by atoms with E-state index in [-0.39, 0.29) is 10.8 Å². The van der Waals surface area contributed by atoms with Crippen molar-refractivity contribution in [3.8, 4) is 0 Å². The van der Waals surface area contributed by atoms with Gasteiger partial charge in [-0.3, -0.25) is 0 Å². The van der Waals surface area contributed by atoms with Crippen molar-refractivity contribution in [3.05, 3.63) is 11.4 Å². The number of sulfonamides is 1. The minimum Gasteiger partial charge on any atom is -0.398 e. The molecule has 0 spiro atoms. The lowest BCUT2D eigenvalue weighted by atomic mass is 10.1. The summed E-state index contributed by atoms with van der Waals surface area (Å²) in [4.78, 5) is 0. The highest BCUT2D eigenvalue weighted by molar-refractivity contribution is 7.91. The Bertz CT molecular complexity index is 454. The molecule has 1 rings (SSSR count). The summed E-state index contributed by atoms with van der Waals surface area (Å²) in [6, 6.07) is 1.40. The second-order valence-corrected chi connectivity index (χ2v) is 7.24. The van der Waals surface area contributed by atoms with Gasteiger partial charge in [0.05, 0.1) is 6.10 Å². The number of hydrogen-bond donors (Lipinski definition) is 3. The Morgan fingerprint density at radius 2 is 2.18 bits per heavy atom. The van der Waals surface area contributed by atoms with Crippen molar-refractivity contribution in [3.63, 3.8) is 0 Å². The molecule has 7 heteroatoms. The zero-order valence-corrected chi connectivity index (χ0v) is 11.5. The largest absolute Gasteiger partial charge is 0.398 e. The van der Waals surface area contributed by atoms with Crippen LogP contribution >= 0.6 is 11.3 Å². The van der Waals surface area contributed by atoms with Gasteiger partial charge in [-0.05, 0) is 18.4 Å². The number of hydrogen-bond acceptors (Lipinski definition) is 5. The highest BCUT2D eigenvalue weighted by Crippen LogP contribution is 2.21. The van der Waals surface area contributed by atoms with E-state index in [0.717, 1.165) is 11.3 Å². The van der Waals surface area contributed by atoms with E-state index < -0.39 is 16.1 Å². The lowest BCUT2D eigenvalue weighted by Gasteiger charge is -2.13. The Balaban J connectivity index is 2.56. The third-order valence-corrected chi connectivity index (χ3v) is 4.99. The topological polar surface area (TPSA) is 92.4 Å². The molecule has 0 saturated carbocycles. The lowest BCUT2D eigenvalue weighted by molar-refractivity contribution is 0.152. The van der Waals surface area contributed by atoms with Crippen LogP contribution in [0.15, 0.2) is 15.7 Å². The normalized spacial score (nSPS) is 14.1. The fourth-order valence-electron chi connectivity index (χ4n) is 1.38. The molecular formula is C10H18N2O3S2. The monoisotopic (exact) mass is 278 g/mol. The Morgan fingerprint density at radius 3 is 2.65 bits per heavy atom. The molecule has 5 nitrogen and oxygen atoms in total. The Morgan fingerprint density at radius 1 is 1.53 bits per heavy atom. The zero-order chi connectivity index (χ0) is 13.1. The maximum atomic E-state index is 11.8. The standard InChI is InChI=1S/C10H18N2O3S2/c1-7(2)3-9(13)5-12-17(14,15)10-4-8(11)6-16-10/h4,6-7,9,12-13H,3,5,11H2,1-2H3. The number of aliphatic hydroxyl groups excluding tert-OH is 1. The van der Waals surface area contributed by atoms with Gasteiger partial charge in [-0.25, -0.2) is 13.1 Å². The molecule has 1 aromatic rings. The van der Waals surface area contributed by atoms with Gasteiger partial charge in [-0.2, -0.15) is 0 Å². The summed E-state index contributed by atoms with van der Waals surface area (Å²) in [5.41, 5.74) is 5.89. The summed E-state index contributed by atoms with van der Waals surface area (Å²) in [6.07, 6.45) is -0.100. The minimum absolute atomic E-state index is 0.0261. The van der Waals surface area contributed by atoms with Gasteiger partial charge in [-0.15, -0.1) is 11.3 Å². The van der Waals surface area contributed by atoms with Crippen LogP contribution in [0, 0.1) is 5.92 Å². The molecule has 1 heterocycles. The van der Waals surface area contributed by atoms with Crippen molar-refractivity contribution in [1.29, 1.82) is 0 Å². The first kappa shape index (κ1) is 14.4. The first-order valence-electron chi connectivity index (χ1n) is 5.33. The molecule has 0 aliphatic carbocycles. The Kier molecular flexibility index (Phi) is 4.93. The predicted octanol–water partition coefficient (Wildman–Crippen LogP) is 1.02.